The van der Waals surface area contributed by atoms with Crippen LogP contribution in [0.4, 0.5) is 11.4 Å². The Morgan fingerprint density at radius 2 is 1.71 bits per heavy atom. The molecule has 3 N–H and O–H groups in total. The van der Waals surface area contributed by atoms with E-state index < -0.39 is 25.7 Å². The maximum Gasteiger partial charge on any atom is 0.264 e. The SMILES string of the molecule is COc1ccc([Si](C)(C)[C@H]2[C@H](CCn3cc(C(CO)c4ccccc4)nn3)O[C@@]3(C(=O)N(Cc4ccccc4)c4ccc(NC(=O)[C@H](C)O)cc43)[C@@H]2C)cc1. The summed E-state index contributed by atoms with van der Waals surface area (Å²) in [6.07, 6.45) is 0.889. The van der Waals surface area contributed by atoms with E-state index in [-0.39, 0.29) is 36.0 Å². The summed E-state index contributed by atoms with van der Waals surface area (Å²) < 4.78 is 14.6. The summed E-state index contributed by atoms with van der Waals surface area (Å²) in [5.74, 6) is -0.465. The summed E-state index contributed by atoms with van der Waals surface area (Å²) >= 11 is 0. The Bertz CT molecular complexity index is 2130. The zero-order valence-corrected chi connectivity index (χ0v) is 32.9. The number of aromatic nitrogens is 3. The molecule has 286 valence electrons. The van der Waals surface area contributed by atoms with Gasteiger partial charge in [-0.05, 0) is 60.3 Å². The molecule has 11 nitrogen and oxygen atoms in total. The lowest BCUT2D eigenvalue weighted by molar-refractivity contribution is -0.146. The van der Waals surface area contributed by atoms with E-state index in [9.17, 15) is 15.0 Å². The summed E-state index contributed by atoms with van der Waals surface area (Å²) in [5.41, 5.74) is 3.17. The van der Waals surface area contributed by atoms with Crippen molar-refractivity contribution in [2.75, 3.05) is 23.9 Å². The number of ether oxygens (including phenoxy) is 2. The van der Waals surface area contributed by atoms with Gasteiger partial charge in [0.1, 0.15) is 11.9 Å². The third-order valence-electron chi connectivity index (χ3n) is 11.6. The number of nitrogens with zero attached hydrogens (tertiary/aromatic N) is 4. The van der Waals surface area contributed by atoms with E-state index in [0.29, 0.717) is 36.5 Å². The van der Waals surface area contributed by atoms with Crippen molar-refractivity contribution >= 4 is 36.4 Å². The van der Waals surface area contributed by atoms with E-state index in [0.717, 1.165) is 22.6 Å². The van der Waals surface area contributed by atoms with Crippen LogP contribution in [0.3, 0.4) is 0 Å². The summed E-state index contributed by atoms with van der Waals surface area (Å²) in [6.45, 7) is 8.97. The molecule has 1 unspecified atom stereocenters. The van der Waals surface area contributed by atoms with Crippen molar-refractivity contribution in [1.82, 2.24) is 15.0 Å². The van der Waals surface area contributed by atoms with Gasteiger partial charge in [-0.1, -0.05) is 103 Å². The first kappa shape index (κ1) is 38.1. The van der Waals surface area contributed by atoms with Crippen LogP contribution in [0, 0.1) is 5.92 Å². The molecule has 0 aliphatic carbocycles. The standard InChI is InChI=1S/C43H49N5O6Si/c1-28-40(55(4,5)34-19-17-33(53-3)18-20-34)39(22-23-47-26-37(45-46-47)35(27-49)31-14-10-7-11-15-31)54-43(28)36-24-32(44-41(51)29(2)50)16-21-38(36)48(42(43)52)25-30-12-8-6-9-13-30/h6-21,24,26,28-29,35,39-40,49-50H,22-23,25,27H2,1-5H3,(H,44,51)/t28-,29+,35?,39+,40-,43+/m1/s1. The molecule has 7 rings (SSSR count). The van der Waals surface area contributed by atoms with Gasteiger partial charge in [-0.15, -0.1) is 5.10 Å². The number of amides is 2. The Labute approximate surface area is 322 Å². The molecule has 5 aromatic rings. The first-order valence-corrected chi connectivity index (χ1v) is 21.9. The molecular weight excluding hydrogens is 711 g/mol. The molecule has 6 atom stereocenters. The van der Waals surface area contributed by atoms with Crippen LogP contribution < -0.4 is 20.1 Å². The van der Waals surface area contributed by atoms with Crippen LogP contribution in [0.5, 0.6) is 5.75 Å². The maximum absolute atomic E-state index is 15.2. The van der Waals surface area contributed by atoms with Gasteiger partial charge >= 0.3 is 0 Å². The molecule has 2 aliphatic rings. The van der Waals surface area contributed by atoms with Gasteiger partial charge in [0.2, 0.25) is 0 Å². The van der Waals surface area contributed by atoms with Crippen molar-refractivity contribution in [3.8, 4) is 5.75 Å². The predicted molar refractivity (Wildman–Crippen MR) is 214 cm³/mol. The van der Waals surface area contributed by atoms with E-state index >= 15 is 4.79 Å². The minimum atomic E-state index is -2.44. The normalized spacial score (nSPS) is 21.8. The minimum absolute atomic E-state index is 0.0254. The van der Waals surface area contributed by atoms with Crippen molar-refractivity contribution in [3.63, 3.8) is 0 Å². The molecule has 12 heteroatoms. The molecule has 2 amide bonds. The molecular formula is C43H49N5O6Si. The van der Waals surface area contributed by atoms with Crippen LogP contribution in [0.2, 0.25) is 18.6 Å². The van der Waals surface area contributed by atoms with E-state index in [1.54, 1.807) is 17.9 Å². The summed E-state index contributed by atoms with van der Waals surface area (Å²) in [6, 6.07) is 33.4. The van der Waals surface area contributed by atoms with Crippen molar-refractivity contribution in [2.45, 2.75) is 75.7 Å². The van der Waals surface area contributed by atoms with Gasteiger partial charge < -0.3 is 29.9 Å². The zero-order chi connectivity index (χ0) is 38.9. The van der Waals surface area contributed by atoms with Crippen LogP contribution in [-0.2, 0) is 33.0 Å². The van der Waals surface area contributed by atoms with Crippen LogP contribution in [-0.4, -0.2) is 71.0 Å². The van der Waals surface area contributed by atoms with Gasteiger partial charge in [0.15, 0.2) is 5.60 Å². The van der Waals surface area contributed by atoms with Crippen LogP contribution >= 0.6 is 0 Å². The lowest BCUT2D eigenvalue weighted by atomic mass is 9.82. The van der Waals surface area contributed by atoms with Gasteiger partial charge in [0.05, 0.1) is 51.7 Å². The molecule has 2 aliphatic heterocycles. The van der Waals surface area contributed by atoms with E-state index in [2.05, 4.69) is 47.8 Å². The number of fused-ring (bicyclic) bond motifs is 2. The van der Waals surface area contributed by atoms with E-state index in [4.69, 9.17) is 9.47 Å². The van der Waals surface area contributed by atoms with Crippen molar-refractivity contribution in [3.05, 3.63) is 132 Å². The number of carbonyl (C=O) groups excluding carboxylic acids is 2. The lowest BCUT2D eigenvalue weighted by Crippen LogP contribution is -2.51. The number of rotatable bonds is 13. The summed E-state index contributed by atoms with van der Waals surface area (Å²) in [7, 11) is -0.779. The molecule has 0 bridgehead atoms. The molecule has 1 aromatic heterocycles. The number of hydrogen-bond acceptors (Lipinski definition) is 8. The Morgan fingerprint density at radius 3 is 2.36 bits per heavy atom. The Kier molecular flexibility index (Phi) is 10.8. The zero-order valence-electron chi connectivity index (χ0n) is 31.9. The second kappa shape index (κ2) is 15.5. The maximum atomic E-state index is 15.2. The molecule has 1 spiro atoms. The van der Waals surface area contributed by atoms with Gasteiger partial charge in [0.25, 0.3) is 11.8 Å². The van der Waals surface area contributed by atoms with Crippen LogP contribution in [0.1, 0.15) is 48.6 Å². The number of methoxy groups -OCH3 is 1. The fourth-order valence-corrected chi connectivity index (χ4v) is 12.8. The first-order valence-electron chi connectivity index (χ1n) is 18.9. The molecule has 4 aromatic carbocycles. The van der Waals surface area contributed by atoms with Gasteiger partial charge in [-0.25, -0.2) is 0 Å². The highest BCUT2D eigenvalue weighted by atomic mass is 28.3. The highest BCUT2D eigenvalue weighted by Crippen LogP contribution is 2.60. The first-order chi connectivity index (χ1) is 26.5. The van der Waals surface area contributed by atoms with E-state index in [1.165, 1.54) is 12.1 Å². The van der Waals surface area contributed by atoms with E-state index in [1.807, 2.05) is 96.0 Å². The monoisotopic (exact) mass is 759 g/mol. The third kappa shape index (κ3) is 7.11. The number of carbonyl (C=O) groups is 2. The molecule has 0 saturated carbocycles. The van der Waals surface area contributed by atoms with Crippen LogP contribution in [0.25, 0.3) is 0 Å². The largest absolute Gasteiger partial charge is 0.497 e. The van der Waals surface area contributed by atoms with Crippen molar-refractivity contribution in [1.29, 1.82) is 0 Å². The van der Waals surface area contributed by atoms with Crippen LogP contribution in [0.15, 0.2) is 109 Å². The molecule has 1 fully saturated rings. The summed E-state index contributed by atoms with van der Waals surface area (Å²) in [4.78, 5) is 29.7. The van der Waals surface area contributed by atoms with Gasteiger partial charge in [-0.3, -0.25) is 14.3 Å². The number of aliphatic hydroxyl groups is 2. The Morgan fingerprint density at radius 1 is 1.02 bits per heavy atom. The quantitative estimate of drug-likeness (QED) is 0.132. The van der Waals surface area contributed by atoms with Gasteiger partial charge in [-0.2, -0.15) is 0 Å². The average Bonchev–Trinajstić information content (AvgIpc) is 3.85. The van der Waals surface area contributed by atoms with Crippen molar-refractivity contribution in [2.24, 2.45) is 5.92 Å². The lowest BCUT2D eigenvalue weighted by Gasteiger charge is -2.37. The second-order valence-corrected chi connectivity index (χ2v) is 20.0. The predicted octanol–water partition coefficient (Wildman–Crippen LogP) is 5.58. The fraction of sp³-hybridized carbons (Fsp3) is 0.349. The topological polar surface area (TPSA) is 139 Å². The smallest absolute Gasteiger partial charge is 0.264 e. The Balaban J connectivity index is 1.29. The molecule has 1 saturated heterocycles. The number of hydrogen-bond donors (Lipinski definition) is 3. The van der Waals surface area contributed by atoms with Crippen molar-refractivity contribution < 1.29 is 29.3 Å². The average molecular weight is 760 g/mol. The molecule has 0 radical (unpaired) electrons. The number of nitrogens with one attached hydrogen (secondary N) is 1. The Hall–Kier alpha value is -5.14. The molecule has 3 heterocycles. The number of aryl methyl sites for hydroxylation is 1. The third-order valence-corrected chi connectivity index (χ3v) is 16.0. The fourth-order valence-electron chi connectivity index (χ4n) is 8.73. The minimum Gasteiger partial charge on any atom is -0.497 e. The highest BCUT2D eigenvalue weighted by molar-refractivity contribution is 6.91. The molecule has 55 heavy (non-hydrogen) atoms. The number of aliphatic hydroxyl groups excluding tert-OH is 2. The van der Waals surface area contributed by atoms with Gasteiger partial charge in [0, 0.05) is 29.9 Å². The highest BCUT2D eigenvalue weighted by Gasteiger charge is 2.66. The number of benzene rings is 4. The number of anilines is 2. The second-order valence-electron chi connectivity index (χ2n) is 15.3. The summed E-state index contributed by atoms with van der Waals surface area (Å²) in [5, 5.41) is 33.3.